The van der Waals surface area contributed by atoms with Gasteiger partial charge in [-0.05, 0) is 18.2 Å². The van der Waals surface area contributed by atoms with Gasteiger partial charge in [-0.2, -0.15) is 0 Å². The average molecular weight is 270 g/mol. The third-order valence-electron chi connectivity index (χ3n) is 2.79. The van der Waals surface area contributed by atoms with Gasteiger partial charge in [-0.1, -0.05) is 17.3 Å². The largest absolute Gasteiger partial charge is 0.438 e. The fourth-order valence-electron chi connectivity index (χ4n) is 1.90. The molecule has 0 unspecified atom stereocenters. The molecule has 0 radical (unpaired) electrons. The van der Waals surface area contributed by atoms with Crippen LogP contribution in [0.4, 0.5) is 0 Å². The Balaban J connectivity index is 1.84. The number of hydrogen-bond acceptors (Lipinski definition) is 5. The number of nitrogens with one attached hydrogen (secondary N) is 2. The molecular weight excluding hydrogens is 260 g/mol. The zero-order valence-electron chi connectivity index (χ0n) is 10.3. The zero-order chi connectivity index (χ0) is 13.9. The van der Waals surface area contributed by atoms with E-state index < -0.39 is 5.76 Å². The molecule has 2 heterocycles. The Morgan fingerprint density at radius 2 is 2.20 bits per heavy atom. The van der Waals surface area contributed by atoms with E-state index in [2.05, 4.69) is 25.0 Å². The Bertz CT molecular complexity index is 816. The third kappa shape index (κ3) is 2.28. The van der Waals surface area contributed by atoms with Crippen LogP contribution in [0.5, 0.6) is 0 Å². The summed E-state index contributed by atoms with van der Waals surface area (Å²) in [5.41, 5.74) is 1.26. The summed E-state index contributed by atoms with van der Waals surface area (Å²) in [5.74, 6) is -0.655. The molecule has 3 aromatic rings. The Labute approximate surface area is 112 Å². The van der Waals surface area contributed by atoms with Crippen LogP contribution >= 0.6 is 0 Å². The summed E-state index contributed by atoms with van der Waals surface area (Å²) in [5, 5.41) is 6.90. The predicted octanol–water partition coefficient (Wildman–Crippen LogP) is 0.841. The van der Waals surface area contributed by atoms with E-state index in [1.807, 2.05) is 12.1 Å². The van der Waals surface area contributed by atoms with Gasteiger partial charge >= 0.3 is 5.76 Å². The summed E-state index contributed by atoms with van der Waals surface area (Å²) in [6.45, 7) is 0.0845. The van der Waals surface area contributed by atoms with Crippen LogP contribution in [-0.2, 0) is 6.54 Å². The lowest BCUT2D eigenvalue weighted by Crippen LogP contribution is -2.23. The first-order chi connectivity index (χ1) is 9.74. The molecular formula is C13H10N4O3. The fourth-order valence-corrected chi connectivity index (χ4v) is 1.90. The van der Waals surface area contributed by atoms with Gasteiger partial charge in [-0.25, -0.2) is 4.79 Å². The number of benzene rings is 1. The summed E-state index contributed by atoms with van der Waals surface area (Å²) < 4.78 is 4.35. The second-order valence-corrected chi connectivity index (χ2v) is 4.10. The summed E-state index contributed by atoms with van der Waals surface area (Å²) in [6, 6.07) is 8.91. The second kappa shape index (κ2) is 4.96. The van der Waals surface area contributed by atoms with Gasteiger partial charge in [0.2, 0.25) is 0 Å². The number of carbonyl (C=O) groups excluding carboxylic acids is 1. The Kier molecular flexibility index (Phi) is 3.00. The number of H-pyrrole nitrogens is 1. The van der Waals surface area contributed by atoms with Crippen LogP contribution in [0.2, 0.25) is 0 Å². The molecule has 20 heavy (non-hydrogen) atoms. The third-order valence-corrected chi connectivity index (χ3v) is 2.79. The molecule has 0 bridgehead atoms. The Morgan fingerprint density at radius 3 is 3.00 bits per heavy atom. The van der Waals surface area contributed by atoms with Gasteiger partial charge < -0.3 is 5.32 Å². The maximum absolute atomic E-state index is 12.1. The zero-order valence-corrected chi connectivity index (χ0v) is 10.3. The van der Waals surface area contributed by atoms with Crippen LogP contribution in [0.1, 0.15) is 16.2 Å². The topological polar surface area (TPSA) is 101 Å². The van der Waals surface area contributed by atoms with Crippen LogP contribution in [0.25, 0.3) is 10.9 Å². The standard InChI is InChI=1S/C13H10N4O3/c18-12(15-7-11-16-13(19)20-17-11)9-3-1-5-10-8(9)4-2-6-14-10/h1-6H,7H2,(H,15,18)(H,16,17,19). The summed E-state index contributed by atoms with van der Waals surface area (Å²) >= 11 is 0. The maximum Gasteiger partial charge on any atom is 0.438 e. The van der Waals surface area contributed by atoms with E-state index in [4.69, 9.17) is 0 Å². The molecule has 0 aliphatic carbocycles. The molecule has 0 atom stereocenters. The van der Waals surface area contributed by atoms with Crippen LogP contribution in [0.3, 0.4) is 0 Å². The van der Waals surface area contributed by atoms with E-state index in [0.29, 0.717) is 5.56 Å². The smallest absolute Gasteiger partial charge is 0.345 e. The van der Waals surface area contributed by atoms with E-state index >= 15 is 0 Å². The molecule has 2 N–H and O–H groups in total. The van der Waals surface area contributed by atoms with Crippen molar-refractivity contribution in [1.82, 2.24) is 20.4 Å². The highest BCUT2D eigenvalue weighted by Crippen LogP contribution is 2.16. The molecule has 0 fully saturated rings. The monoisotopic (exact) mass is 270 g/mol. The van der Waals surface area contributed by atoms with E-state index in [1.165, 1.54) is 0 Å². The minimum atomic E-state index is -0.649. The molecule has 0 spiro atoms. The Hall–Kier alpha value is -2.96. The van der Waals surface area contributed by atoms with Gasteiger partial charge in [0.05, 0.1) is 12.1 Å². The summed E-state index contributed by atoms with van der Waals surface area (Å²) in [7, 11) is 0. The molecule has 1 aromatic carbocycles. The van der Waals surface area contributed by atoms with E-state index in [1.54, 1.807) is 24.4 Å². The van der Waals surface area contributed by atoms with Crippen molar-refractivity contribution in [2.45, 2.75) is 6.54 Å². The minimum Gasteiger partial charge on any atom is -0.345 e. The van der Waals surface area contributed by atoms with Crippen molar-refractivity contribution in [2.75, 3.05) is 0 Å². The van der Waals surface area contributed by atoms with Crippen molar-refractivity contribution >= 4 is 16.8 Å². The van der Waals surface area contributed by atoms with Crippen molar-refractivity contribution in [1.29, 1.82) is 0 Å². The van der Waals surface area contributed by atoms with Crippen LogP contribution < -0.4 is 11.1 Å². The molecule has 100 valence electrons. The first-order valence-electron chi connectivity index (χ1n) is 5.91. The van der Waals surface area contributed by atoms with Crippen LogP contribution in [0.15, 0.2) is 45.8 Å². The predicted molar refractivity (Wildman–Crippen MR) is 70.0 cm³/mol. The lowest BCUT2D eigenvalue weighted by atomic mass is 10.1. The summed E-state index contributed by atoms with van der Waals surface area (Å²) in [4.78, 5) is 29.5. The minimum absolute atomic E-state index is 0.0845. The molecule has 0 aliphatic heterocycles. The number of nitrogens with zero attached hydrogens (tertiary/aromatic N) is 2. The number of pyridine rings is 1. The van der Waals surface area contributed by atoms with Gasteiger partial charge in [0.15, 0.2) is 5.82 Å². The lowest BCUT2D eigenvalue weighted by molar-refractivity contribution is 0.0951. The second-order valence-electron chi connectivity index (χ2n) is 4.10. The average Bonchev–Trinajstić information content (AvgIpc) is 2.90. The maximum atomic E-state index is 12.1. The van der Waals surface area contributed by atoms with Gasteiger partial charge in [0.25, 0.3) is 5.91 Å². The fraction of sp³-hybridized carbons (Fsp3) is 0.0769. The van der Waals surface area contributed by atoms with E-state index in [-0.39, 0.29) is 18.3 Å². The van der Waals surface area contributed by atoms with Crippen molar-refractivity contribution in [3.05, 3.63) is 58.5 Å². The van der Waals surface area contributed by atoms with E-state index in [9.17, 15) is 9.59 Å². The highest BCUT2D eigenvalue weighted by molar-refractivity contribution is 6.06. The highest BCUT2D eigenvalue weighted by Gasteiger charge is 2.10. The normalized spacial score (nSPS) is 10.6. The van der Waals surface area contributed by atoms with Crippen molar-refractivity contribution in [3.8, 4) is 0 Å². The SMILES string of the molecule is O=C(NCc1noc(=O)[nH]1)c1cccc2ncccc12. The molecule has 1 amide bonds. The number of rotatable bonds is 3. The quantitative estimate of drug-likeness (QED) is 0.734. The number of amides is 1. The van der Waals surface area contributed by atoms with Gasteiger partial charge in [0.1, 0.15) is 0 Å². The first kappa shape index (κ1) is 12.1. The number of fused-ring (bicyclic) bond motifs is 1. The van der Waals surface area contributed by atoms with E-state index in [0.717, 1.165) is 10.9 Å². The van der Waals surface area contributed by atoms with Crippen molar-refractivity contribution < 1.29 is 9.32 Å². The molecule has 7 nitrogen and oxygen atoms in total. The number of hydrogen-bond donors (Lipinski definition) is 2. The van der Waals surface area contributed by atoms with Crippen molar-refractivity contribution in [3.63, 3.8) is 0 Å². The van der Waals surface area contributed by atoms with Crippen molar-refractivity contribution in [2.24, 2.45) is 0 Å². The first-order valence-corrected chi connectivity index (χ1v) is 5.91. The molecule has 3 rings (SSSR count). The highest BCUT2D eigenvalue weighted by atomic mass is 16.5. The van der Waals surface area contributed by atoms with Crippen LogP contribution in [-0.4, -0.2) is 21.0 Å². The lowest BCUT2D eigenvalue weighted by Gasteiger charge is -2.06. The van der Waals surface area contributed by atoms with Crippen LogP contribution in [0, 0.1) is 0 Å². The number of aromatic amines is 1. The van der Waals surface area contributed by atoms with Gasteiger partial charge in [0, 0.05) is 17.1 Å². The molecule has 0 aliphatic rings. The molecule has 0 saturated carbocycles. The summed E-state index contributed by atoms with van der Waals surface area (Å²) in [6.07, 6.45) is 1.67. The Morgan fingerprint density at radius 1 is 1.30 bits per heavy atom. The number of carbonyl (C=O) groups is 1. The molecule has 0 saturated heterocycles. The molecule has 7 heteroatoms. The molecule has 2 aromatic heterocycles. The van der Waals surface area contributed by atoms with Gasteiger partial charge in [-0.15, -0.1) is 0 Å². The van der Waals surface area contributed by atoms with Gasteiger partial charge in [-0.3, -0.25) is 19.3 Å². The number of aromatic nitrogens is 3.